The lowest BCUT2D eigenvalue weighted by molar-refractivity contribution is -0.384. The van der Waals surface area contributed by atoms with Crippen LogP contribution in [0.5, 0.6) is 0 Å². The predicted octanol–water partition coefficient (Wildman–Crippen LogP) is 3.21. The minimum atomic E-state index is -0.665. The summed E-state index contributed by atoms with van der Waals surface area (Å²) in [7, 11) is 3.87. The lowest BCUT2D eigenvalue weighted by Crippen LogP contribution is -2.44. The van der Waals surface area contributed by atoms with Crippen LogP contribution in [0.3, 0.4) is 0 Å². The summed E-state index contributed by atoms with van der Waals surface area (Å²) in [5, 5.41) is 11.8. The molecule has 0 bridgehead atoms. The summed E-state index contributed by atoms with van der Waals surface area (Å²) in [5.74, 6) is -1.13. The monoisotopic (exact) mass is 428 g/mol. The van der Waals surface area contributed by atoms with E-state index < -0.39 is 16.7 Å². The van der Waals surface area contributed by atoms with Crippen LogP contribution in [0.2, 0.25) is 0 Å². The molecule has 3 rings (SSSR count). The van der Waals surface area contributed by atoms with Crippen molar-refractivity contribution in [2.24, 2.45) is 0 Å². The van der Waals surface area contributed by atoms with Crippen molar-refractivity contribution in [1.82, 2.24) is 10.4 Å². The molecule has 1 saturated heterocycles. The smallest absolute Gasteiger partial charge is 0.285 e. The van der Waals surface area contributed by atoms with Gasteiger partial charge in [-0.05, 0) is 42.1 Å². The Hall–Kier alpha value is -3.24. The molecule has 148 valence electrons. The molecular formula is C19H16N4O4S2. The zero-order valence-electron chi connectivity index (χ0n) is 15.5. The van der Waals surface area contributed by atoms with E-state index >= 15 is 0 Å². The van der Waals surface area contributed by atoms with Gasteiger partial charge < -0.3 is 4.90 Å². The Kier molecular flexibility index (Phi) is 5.95. The van der Waals surface area contributed by atoms with Gasteiger partial charge in [-0.3, -0.25) is 25.1 Å². The number of amides is 2. The minimum absolute atomic E-state index is 0.0523. The van der Waals surface area contributed by atoms with E-state index in [9.17, 15) is 19.7 Å². The van der Waals surface area contributed by atoms with Gasteiger partial charge in [-0.25, -0.2) is 0 Å². The first-order chi connectivity index (χ1) is 13.8. The van der Waals surface area contributed by atoms with Crippen LogP contribution in [-0.2, 0) is 4.79 Å². The van der Waals surface area contributed by atoms with Gasteiger partial charge in [0.15, 0.2) is 4.32 Å². The third kappa shape index (κ3) is 4.61. The van der Waals surface area contributed by atoms with Gasteiger partial charge in [-0.1, -0.05) is 30.0 Å². The molecule has 10 heteroatoms. The molecule has 2 aromatic carbocycles. The maximum absolute atomic E-state index is 12.7. The lowest BCUT2D eigenvalue weighted by Gasteiger charge is -2.15. The number of anilines is 1. The van der Waals surface area contributed by atoms with Crippen molar-refractivity contribution in [3.05, 3.63) is 74.7 Å². The Labute approximate surface area is 176 Å². The Bertz CT molecular complexity index is 1030. The molecule has 0 aliphatic carbocycles. The second-order valence-electron chi connectivity index (χ2n) is 6.25. The highest BCUT2D eigenvalue weighted by molar-refractivity contribution is 8.26. The summed E-state index contributed by atoms with van der Waals surface area (Å²) in [6, 6.07) is 12.8. The highest BCUT2D eigenvalue weighted by Gasteiger charge is 2.34. The van der Waals surface area contributed by atoms with E-state index in [0.29, 0.717) is 4.91 Å². The van der Waals surface area contributed by atoms with Crippen LogP contribution >= 0.6 is 24.0 Å². The molecule has 1 heterocycles. The fourth-order valence-electron chi connectivity index (χ4n) is 2.51. The molecule has 1 aliphatic heterocycles. The molecule has 1 fully saturated rings. The molecule has 0 unspecified atom stereocenters. The third-order valence-electron chi connectivity index (χ3n) is 4.03. The molecule has 0 radical (unpaired) electrons. The first kappa shape index (κ1) is 20.5. The van der Waals surface area contributed by atoms with Crippen molar-refractivity contribution >= 4 is 57.6 Å². The average molecular weight is 428 g/mol. The molecule has 0 atom stereocenters. The molecule has 1 aliphatic rings. The zero-order chi connectivity index (χ0) is 21.1. The molecule has 8 nitrogen and oxygen atoms in total. The van der Waals surface area contributed by atoms with Crippen molar-refractivity contribution < 1.29 is 14.5 Å². The van der Waals surface area contributed by atoms with Crippen molar-refractivity contribution in [3.63, 3.8) is 0 Å². The van der Waals surface area contributed by atoms with Crippen LogP contribution in [0, 0.1) is 10.1 Å². The first-order valence-corrected chi connectivity index (χ1v) is 9.59. The van der Waals surface area contributed by atoms with E-state index in [1.54, 1.807) is 6.08 Å². The van der Waals surface area contributed by atoms with Crippen LogP contribution in [-0.4, -0.2) is 40.2 Å². The van der Waals surface area contributed by atoms with Gasteiger partial charge in [0, 0.05) is 37.5 Å². The fourth-order valence-corrected chi connectivity index (χ4v) is 3.69. The van der Waals surface area contributed by atoms with E-state index in [0.717, 1.165) is 34.1 Å². The standard InChI is InChI=1S/C19H16N4O4S2/c1-21(2)14-8-6-12(7-9-14)10-16-18(25)22(19(28)29-16)20-17(24)13-4-3-5-15(11-13)23(26)27/h3-11H,1-2H3,(H,20,24)/b16-10+. The van der Waals surface area contributed by atoms with Crippen LogP contribution in [0.25, 0.3) is 6.08 Å². The molecule has 0 saturated carbocycles. The number of nitrogens with zero attached hydrogens (tertiary/aromatic N) is 3. The molecule has 2 aromatic rings. The Morgan fingerprint density at radius 3 is 2.55 bits per heavy atom. The summed E-state index contributed by atoms with van der Waals surface area (Å²) in [6.07, 6.45) is 1.69. The van der Waals surface area contributed by atoms with Gasteiger partial charge in [0.25, 0.3) is 17.5 Å². The molecule has 0 spiro atoms. The number of rotatable bonds is 5. The highest BCUT2D eigenvalue weighted by atomic mass is 32.2. The summed E-state index contributed by atoms with van der Waals surface area (Å²) < 4.78 is 0.171. The lowest BCUT2D eigenvalue weighted by atomic mass is 10.2. The number of hydrogen-bond donors (Lipinski definition) is 1. The van der Waals surface area contributed by atoms with Gasteiger partial charge in [-0.15, -0.1) is 0 Å². The van der Waals surface area contributed by atoms with Crippen LogP contribution < -0.4 is 10.3 Å². The Balaban J connectivity index is 1.75. The Morgan fingerprint density at radius 1 is 1.24 bits per heavy atom. The van der Waals surface area contributed by atoms with E-state index in [1.807, 2.05) is 43.3 Å². The predicted molar refractivity (Wildman–Crippen MR) is 116 cm³/mol. The zero-order valence-corrected chi connectivity index (χ0v) is 17.1. The van der Waals surface area contributed by atoms with Gasteiger partial charge >= 0.3 is 0 Å². The number of benzene rings is 2. The molecule has 29 heavy (non-hydrogen) atoms. The van der Waals surface area contributed by atoms with Gasteiger partial charge in [0.2, 0.25) is 0 Å². The number of nitrogens with one attached hydrogen (secondary N) is 1. The number of non-ortho nitro benzene ring substituents is 1. The SMILES string of the molecule is CN(C)c1ccc(/C=C2/SC(=S)N(NC(=O)c3cccc([N+](=O)[O-])c3)C2=O)cc1. The van der Waals surface area contributed by atoms with Gasteiger partial charge in [0.1, 0.15) is 0 Å². The van der Waals surface area contributed by atoms with Crippen LogP contribution in [0.15, 0.2) is 53.4 Å². The second kappa shape index (κ2) is 8.41. The Morgan fingerprint density at radius 2 is 1.93 bits per heavy atom. The molecule has 1 N–H and O–H groups in total. The number of carbonyl (C=O) groups excluding carboxylic acids is 2. The number of thioether (sulfide) groups is 1. The van der Waals surface area contributed by atoms with E-state index in [2.05, 4.69) is 5.43 Å². The van der Waals surface area contributed by atoms with Crippen LogP contribution in [0.1, 0.15) is 15.9 Å². The average Bonchev–Trinajstić information content (AvgIpc) is 2.95. The van der Waals surface area contributed by atoms with E-state index in [1.165, 1.54) is 18.2 Å². The molecule has 2 amide bonds. The quantitative estimate of drug-likeness (QED) is 0.338. The first-order valence-electron chi connectivity index (χ1n) is 8.37. The number of hydrazine groups is 1. The van der Waals surface area contributed by atoms with Crippen LogP contribution in [0.4, 0.5) is 11.4 Å². The summed E-state index contributed by atoms with van der Waals surface area (Å²) >= 11 is 6.27. The number of thiocarbonyl (C=S) groups is 1. The van der Waals surface area contributed by atoms with E-state index in [-0.39, 0.29) is 15.6 Å². The highest BCUT2D eigenvalue weighted by Crippen LogP contribution is 2.31. The van der Waals surface area contributed by atoms with Gasteiger partial charge in [-0.2, -0.15) is 5.01 Å². The van der Waals surface area contributed by atoms with E-state index in [4.69, 9.17) is 12.2 Å². The number of carbonyl (C=O) groups is 2. The fraction of sp³-hybridized carbons (Fsp3) is 0.105. The summed E-state index contributed by atoms with van der Waals surface area (Å²) in [5.41, 5.74) is 4.09. The van der Waals surface area contributed by atoms with Gasteiger partial charge in [0.05, 0.1) is 9.83 Å². The maximum atomic E-state index is 12.7. The second-order valence-corrected chi connectivity index (χ2v) is 7.93. The van der Waals surface area contributed by atoms with Crippen molar-refractivity contribution in [3.8, 4) is 0 Å². The summed E-state index contributed by atoms with van der Waals surface area (Å²) in [6.45, 7) is 0. The van der Waals surface area contributed by atoms with Crippen molar-refractivity contribution in [2.75, 3.05) is 19.0 Å². The number of hydrogen-bond acceptors (Lipinski definition) is 7. The normalized spacial score (nSPS) is 15.0. The summed E-state index contributed by atoms with van der Waals surface area (Å²) in [4.78, 5) is 37.7. The van der Waals surface area contributed by atoms with Crippen molar-refractivity contribution in [2.45, 2.75) is 0 Å². The minimum Gasteiger partial charge on any atom is -0.378 e. The van der Waals surface area contributed by atoms with Crippen molar-refractivity contribution in [1.29, 1.82) is 0 Å². The number of nitro groups is 1. The molecule has 0 aromatic heterocycles. The maximum Gasteiger partial charge on any atom is 0.285 e. The number of nitro benzene ring substituents is 1. The largest absolute Gasteiger partial charge is 0.378 e. The topological polar surface area (TPSA) is 95.8 Å². The third-order valence-corrected chi connectivity index (χ3v) is 5.34. The molecular weight excluding hydrogens is 412 g/mol.